The van der Waals surface area contributed by atoms with Crippen LogP contribution in [0.3, 0.4) is 0 Å². The maximum Gasteiger partial charge on any atom is 0.185 e. The van der Waals surface area contributed by atoms with Gasteiger partial charge in [-0.15, -0.1) is 6.58 Å². The third-order valence-electron chi connectivity index (χ3n) is 4.58. The molecule has 0 radical (unpaired) electrons. The number of para-hydroxylation sites is 1. The summed E-state index contributed by atoms with van der Waals surface area (Å²) in [5.41, 5.74) is 3.22. The van der Waals surface area contributed by atoms with Crippen molar-refractivity contribution < 1.29 is 19.4 Å². The summed E-state index contributed by atoms with van der Waals surface area (Å²) >= 11 is 0. The number of carbonyl (C=O) groups is 1. The van der Waals surface area contributed by atoms with Crippen LogP contribution in [-0.2, 0) is 13.0 Å². The molecule has 3 rings (SSSR count). The molecule has 0 aliphatic rings. The van der Waals surface area contributed by atoms with Crippen molar-refractivity contribution in [3.8, 4) is 17.2 Å². The van der Waals surface area contributed by atoms with Crippen LogP contribution in [0, 0.1) is 0 Å². The molecule has 0 spiro atoms. The number of hydrogen-bond acceptors (Lipinski definition) is 4. The van der Waals surface area contributed by atoms with Crippen molar-refractivity contribution in [2.24, 2.45) is 0 Å². The minimum Gasteiger partial charge on any atom is -0.508 e. The number of aromatic hydroxyl groups is 1. The van der Waals surface area contributed by atoms with Crippen LogP contribution in [-0.4, -0.2) is 18.0 Å². The molecule has 0 unspecified atom stereocenters. The number of allylic oxidation sites excluding steroid dienone is 2. The molecule has 0 aliphatic carbocycles. The van der Waals surface area contributed by atoms with Crippen LogP contribution in [0.25, 0.3) is 6.08 Å². The highest BCUT2D eigenvalue weighted by Gasteiger charge is 2.08. The Kier molecular flexibility index (Phi) is 7.06. The van der Waals surface area contributed by atoms with Gasteiger partial charge in [0.1, 0.15) is 23.9 Å². The lowest BCUT2D eigenvalue weighted by molar-refractivity contribution is 0.104. The van der Waals surface area contributed by atoms with Crippen LogP contribution < -0.4 is 9.47 Å². The molecular weight excluding hydrogens is 376 g/mol. The maximum absolute atomic E-state index is 12.3. The summed E-state index contributed by atoms with van der Waals surface area (Å²) in [4.78, 5) is 12.3. The summed E-state index contributed by atoms with van der Waals surface area (Å²) in [6.07, 6.45) is 5.80. The number of hydrogen-bond donors (Lipinski definition) is 1. The molecular formula is C26H24O4. The molecule has 1 N–H and O–H groups in total. The van der Waals surface area contributed by atoms with Crippen molar-refractivity contribution in [3.63, 3.8) is 0 Å². The monoisotopic (exact) mass is 400 g/mol. The largest absolute Gasteiger partial charge is 0.508 e. The topological polar surface area (TPSA) is 55.8 Å². The molecule has 0 saturated carbocycles. The molecule has 0 heterocycles. The Bertz CT molecular complexity index is 1070. The Balaban J connectivity index is 1.77. The highest BCUT2D eigenvalue weighted by atomic mass is 16.5. The Morgan fingerprint density at radius 3 is 2.60 bits per heavy atom. The van der Waals surface area contributed by atoms with Crippen LogP contribution >= 0.6 is 0 Å². The summed E-state index contributed by atoms with van der Waals surface area (Å²) in [6.45, 7) is 4.12. The van der Waals surface area contributed by atoms with Crippen LogP contribution in [0.4, 0.5) is 0 Å². The highest BCUT2D eigenvalue weighted by Crippen LogP contribution is 2.25. The summed E-state index contributed by atoms with van der Waals surface area (Å²) < 4.78 is 11.5. The van der Waals surface area contributed by atoms with E-state index in [1.165, 1.54) is 18.2 Å². The zero-order valence-electron chi connectivity index (χ0n) is 16.9. The smallest absolute Gasteiger partial charge is 0.185 e. The number of rotatable bonds is 9. The van der Waals surface area contributed by atoms with Gasteiger partial charge in [-0.1, -0.05) is 48.6 Å². The van der Waals surface area contributed by atoms with Crippen molar-refractivity contribution in [2.75, 3.05) is 7.11 Å². The van der Waals surface area contributed by atoms with Gasteiger partial charge >= 0.3 is 0 Å². The number of carbonyl (C=O) groups excluding carboxylic acids is 1. The van der Waals surface area contributed by atoms with Gasteiger partial charge in [-0.25, -0.2) is 0 Å². The van der Waals surface area contributed by atoms with Crippen molar-refractivity contribution in [3.05, 3.63) is 108 Å². The molecule has 4 nitrogen and oxygen atoms in total. The molecule has 0 fully saturated rings. The van der Waals surface area contributed by atoms with Crippen LogP contribution in [0.2, 0.25) is 0 Å². The Morgan fingerprint density at radius 2 is 1.83 bits per heavy atom. The molecule has 0 aliphatic heterocycles. The SMILES string of the molecule is C=CCc1ccccc1OCc1cc(/C=C/C(=O)c2cccc(O)c2)ccc1OC. The van der Waals surface area contributed by atoms with Crippen LogP contribution in [0.15, 0.2) is 85.5 Å². The van der Waals surface area contributed by atoms with Gasteiger partial charge in [-0.05, 0) is 54.0 Å². The van der Waals surface area contributed by atoms with Crippen molar-refractivity contribution in [2.45, 2.75) is 13.0 Å². The minimum absolute atomic E-state index is 0.0647. The standard InChI is InChI=1S/C26H24O4/c1-3-7-20-8-4-5-11-26(20)30-18-22-16-19(13-15-25(22)29-2)12-14-24(28)21-9-6-10-23(27)17-21/h3-6,8-17,27H,1,7,18H2,2H3/b14-12+. The Hall–Kier alpha value is -3.79. The van der Waals surface area contributed by atoms with Crippen LogP contribution in [0.1, 0.15) is 27.0 Å². The first kappa shape index (κ1) is 20.9. The molecule has 0 atom stereocenters. The third-order valence-corrected chi connectivity index (χ3v) is 4.58. The second-order valence-corrected chi connectivity index (χ2v) is 6.71. The van der Waals surface area contributed by atoms with Gasteiger partial charge in [-0.3, -0.25) is 4.79 Å². The number of phenolic OH excluding ortho intramolecular Hbond substituents is 1. The summed E-state index contributed by atoms with van der Waals surface area (Å²) in [6, 6.07) is 19.8. The van der Waals surface area contributed by atoms with Gasteiger partial charge in [0.2, 0.25) is 0 Å². The fraction of sp³-hybridized carbons (Fsp3) is 0.115. The molecule has 30 heavy (non-hydrogen) atoms. The van der Waals surface area contributed by atoms with Gasteiger partial charge in [0.15, 0.2) is 5.78 Å². The molecule has 0 aromatic heterocycles. The van der Waals surface area contributed by atoms with E-state index in [-0.39, 0.29) is 11.5 Å². The van der Waals surface area contributed by atoms with E-state index in [4.69, 9.17) is 9.47 Å². The Labute approximate surface area is 176 Å². The van der Waals surface area contributed by atoms with E-state index in [0.717, 1.165) is 28.9 Å². The van der Waals surface area contributed by atoms with Crippen LogP contribution in [0.5, 0.6) is 17.2 Å². The number of ether oxygens (including phenoxy) is 2. The highest BCUT2D eigenvalue weighted by molar-refractivity contribution is 6.07. The zero-order chi connectivity index (χ0) is 21.3. The summed E-state index contributed by atoms with van der Waals surface area (Å²) in [7, 11) is 1.62. The average Bonchev–Trinajstić information content (AvgIpc) is 2.77. The lowest BCUT2D eigenvalue weighted by Gasteiger charge is -2.13. The first-order valence-electron chi connectivity index (χ1n) is 9.60. The van der Waals surface area contributed by atoms with E-state index in [9.17, 15) is 9.90 Å². The molecule has 0 saturated heterocycles. The second-order valence-electron chi connectivity index (χ2n) is 6.71. The normalized spacial score (nSPS) is 10.7. The molecule has 4 heteroatoms. The zero-order valence-corrected chi connectivity index (χ0v) is 16.9. The van der Waals surface area contributed by atoms with E-state index < -0.39 is 0 Å². The van der Waals surface area contributed by atoms with Crippen molar-refractivity contribution in [1.82, 2.24) is 0 Å². The fourth-order valence-corrected chi connectivity index (χ4v) is 3.07. The number of ketones is 1. The number of methoxy groups -OCH3 is 1. The quantitative estimate of drug-likeness (QED) is 0.288. The van der Waals surface area contributed by atoms with Gasteiger partial charge < -0.3 is 14.6 Å². The predicted molar refractivity (Wildman–Crippen MR) is 119 cm³/mol. The van der Waals surface area contributed by atoms with Gasteiger partial charge in [-0.2, -0.15) is 0 Å². The number of benzene rings is 3. The summed E-state index contributed by atoms with van der Waals surface area (Å²) in [5, 5.41) is 9.54. The lowest BCUT2D eigenvalue weighted by Crippen LogP contribution is -2.01. The lowest BCUT2D eigenvalue weighted by atomic mass is 10.1. The second kappa shape index (κ2) is 10.1. The van der Waals surface area contributed by atoms with Crippen molar-refractivity contribution >= 4 is 11.9 Å². The molecule has 3 aromatic carbocycles. The van der Waals surface area contributed by atoms with Gasteiger partial charge in [0, 0.05) is 11.1 Å². The average molecular weight is 400 g/mol. The van der Waals surface area contributed by atoms with Crippen molar-refractivity contribution in [1.29, 1.82) is 0 Å². The molecule has 3 aromatic rings. The first-order chi connectivity index (χ1) is 14.6. The van der Waals surface area contributed by atoms with Gasteiger partial charge in [0.05, 0.1) is 7.11 Å². The minimum atomic E-state index is -0.183. The molecule has 0 bridgehead atoms. The van der Waals surface area contributed by atoms with E-state index in [1.54, 1.807) is 25.3 Å². The van der Waals surface area contributed by atoms with E-state index in [0.29, 0.717) is 17.9 Å². The fourth-order valence-electron chi connectivity index (χ4n) is 3.07. The maximum atomic E-state index is 12.3. The number of phenols is 1. The first-order valence-corrected chi connectivity index (χ1v) is 9.60. The Morgan fingerprint density at radius 1 is 1.00 bits per heavy atom. The molecule has 0 amide bonds. The molecule has 152 valence electrons. The van der Waals surface area contributed by atoms with E-state index in [2.05, 4.69) is 6.58 Å². The predicted octanol–water partition coefficient (Wildman–Crippen LogP) is 5.60. The van der Waals surface area contributed by atoms with E-state index in [1.807, 2.05) is 48.5 Å². The van der Waals surface area contributed by atoms with Gasteiger partial charge in [0.25, 0.3) is 0 Å². The summed E-state index contributed by atoms with van der Waals surface area (Å²) in [5.74, 6) is 1.40. The van der Waals surface area contributed by atoms with E-state index >= 15 is 0 Å². The third kappa shape index (κ3) is 5.39.